The van der Waals surface area contributed by atoms with Crippen LogP contribution in [0.4, 0.5) is 0 Å². The summed E-state index contributed by atoms with van der Waals surface area (Å²) in [4.78, 5) is 16.2. The fourth-order valence-electron chi connectivity index (χ4n) is 2.34. The van der Waals surface area contributed by atoms with Crippen molar-refractivity contribution in [3.05, 3.63) is 60.2 Å². The Morgan fingerprint density at radius 2 is 1.86 bits per heavy atom. The topological polar surface area (TPSA) is 65.2 Å². The molecule has 0 fully saturated rings. The van der Waals surface area contributed by atoms with Crippen molar-refractivity contribution in [2.75, 3.05) is 7.11 Å². The smallest absolute Gasteiger partial charge is 0.250 e. The molecule has 0 saturated carbocycles. The van der Waals surface area contributed by atoms with Crippen LogP contribution in [0.1, 0.15) is 10.4 Å². The molecule has 3 rings (SSSR count). The van der Waals surface area contributed by atoms with Crippen molar-refractivity contribution < 1.29 is 9.53 Å². The van der Waals surface area contributed by atoms with E-state index >= 15 is 0 Å². The Labute approximate surface area is 122 Å². The number of amides is 1. The SMILES string of the molecule is COc1cc(-c2ccccc2)nc2c(C(N)=O)cccc12. The zero-order valence-electron chi connectivity index (χ0n) is 11.5. The van der Waals surface area contributed by atoms with Gasteiger partial charge in [0.2, 0.25) is 0 Å². The maximum absolute atomic E-state index is 11.6. The van der Waals surface area contributed by atoms with Gasteiger partial charge in [0.25, 0.3) is 5.91 Å². The van der Waals surface area contributed by atoms with Gasteiger partial charge in [-0.15, -0.1) is 0 Å². The van der Waals surface area contributed by atoms with Crippen LogP contribution in [-0.2, 0) is 0 Å². The number of nitrogens with zero attached hydrogens (tertiary/aromatic N) is 1. The van der Waals surface area contributed by atoms with Crippen LogP contribution in [0, 0.1) is 0 Å². The van der Waals surface area contributed by atoms with Crippen molar-refractivity contribution in [1.82, 2.24) is 4.98 Å². The van der Waals surface area contributed by atoms with Crippen molar-refractivity contribution in [3.8, 4) is 17.0 Å². The van der Waals surface area contributed by atoms with E-state index < -0.39 is 5.91 Å². The van der Waals surface area contributed by atoms with Crippen LogP contribution in [0.5, 0.6) is 5.75 Å². The van der Waals surface area contributed by atoms with Gasteiger partial charge in [0.15, 0.2) is 0 Å². The largest absolute Gasteiger partial charge is 0.496 e. The van der Waals surface area contributed by atoms with Crippen LogP contribution < -0.4 is 10.5 Å². The molecule has 1 aromatic heterocycles. The lowest BCUT2D eigenvalue weighted by Gasteiger charge is -2.10. The Balaban J connectivity index is 2.34. The summed E-state index contributed by atoms with van der Waals surface area (Å²) in [5.74, 6) is 0.169. The van der Waals surface area contributed by atoms with Crippen LogP contribution in [0.3, 0.4) is 0 Å². The first kappa shape index (κ1) is 13.1. The molecule has 0 aliphatic rings. The van der Waals surface area contributed by atoms with Gasteiger partial charge in [-0.2, -0.15) is 0 Å². The van der Waals surface area contributed by atoms with Gasteiger partial charge >= 0.3 is 0 Å². The third-order valence-electron chi connectivity index (χ3n) is 3.36. The van der Waals surface area contributed by atoms with Gasteiger partial charge in [-0.3, -0.25) is 4.79 Å². The molecular formula is C17H14N2O2. The maximum Gasteiger partial charge on any atom is 0.250 e. The molecule has 2 N–H and O–H groups in total. The number of primary amides is 1. The highest BCUT2D eigenvalue weighted by Gasteiger charge is 2.13. The second-order valence-electron chi connectivity index (χ2n) is 4.64. The molecule has 0 spiro atoms. The summed E-state index contributed by atoms with van der Waals surface area (Å²) in [6.45, 7) is 0. The first-order valence-electron chi connectivity index (χ1n) is 6.53. The van der Waals surface area contributed by atoms with Crippen molar-refractivity contribution in [3.63, 3.8) is 0 Å². The van der Waals surface area contributed by atoms with Crippen LogP contribution in [0.2, 0.25) is 0 Å². The molecule has 0 radical (unpaired) electrons. The Kier molecular flexibility index (Phi) is 3.28. The second-order valence-corrected chi connectivity index (χ2v) is 4.64. The monoisotopic (exact) mass is 278 g/mol. The van der Waals surface area contributed by atoms with E-state index in [1.165, 1.54) is 0 Å². The first-order valence-corrected chi connectivity index (χ1v) is 6.53. The normalized spacial score (nSPS) is 10.5. The summed E-state index contributed by atoms with van der Waals surface area (Å²) in [5, 5.41) is 0.772. The number of rotatable bonds is 3. The Morgan fingerprint density at radius 3 is 2.52 bits per heavy atom. The minimum absolute atomic E-state index is 0.392. The van der Waals surface area contributed by atoms with Gasteiger partial charge in [-0.25, -0.2) is 4.98 Å². The zero-order chi connectivity index (χ0) is 14.8. The molecule has 1 amide bonds. The molecule has 0 bridgehead atoms. The number of carbonyl (C=O) groups excluding carboxylic acids is 1. The molecule has 0 aliphatic carbocycles. The fourth-order valence-corrected chi connectivity index (χ4v) is 2.34. The molecule has 21 heavy (non-hydrogen) atoms. The highest BCUT2D eigenvalue weighted by molar-refractivity contribution is 6.06. The first-order chi connectivity index (χ1) is 10.2. The third-order valence-corrected chi connectivity index (χ3v) is 3.36. The molecule has 104 valence electrons. The summed E-state index contributed by atoms with van der Waals surface area (Å²) in [6, 6.07) is 16.9. The molecule has 0 atom stereocenters. The number of carbonyl (C=O) groups is 1. The predicted octanol–water partition coefficient (Wildman–Crippen LogP) is 3.01. The molecule has 0 aliphatic heterocycles. The number of benzene rings is 2. The number of hydrogen-bond acceptors (Lipinski definition) is 3. The van der Waals surface area contributed by atoms with E-state index in [1.54, 1.807) is 19.2 Å². The van der Waals surface area contributed by atoms with Gasteiger partial charge in [0, 0.05) is 17.0 Å². The number of pyridine rings is 1. The lowest BCUT2D eigenvalue weighted by Crippen LogP contribution is -2.12. The third kappa shape index (κ3) is 2.31. The molecule has 4 heteroatoms. The fraction of sp³-hybridized carbons (Fsp3) is 0.0588. The van der Waals surface area contributed by atoms with Crippen LogP contribution in [-0.4, -0.2) is 18.0 Å². The molecule has 2 aromatic carbocycles. The number of hydrogen-bond donors (Lipinski definition) is 1. The van der Waals surface area contributed by atoms with E-state index in [1.807, 2.05) is 42.5 Å². The summed E-state index contributed by atoms with van der Waals surface area (Å²) < 4.78 is 5.43. The van der Waals surface area contributed by atoms with Crippen molar-refractivity contribution in [1.29, 1.82) is 0 Å². The number of fused-ring (bicyclic) bond motifs is 1. The molecule has 3 aromatic rings. The quantitative estimate of drug-likeness (QED) is 0.801. The van der Waals surface area contributed by atoms with Crippen molar-refractivity contribution in [2.45, 2.75) is 0 Å². The average molecular weight is 278 g/mol. The lowest BCUT2D eigenvalue weighted by atomic mass is 10.1. The Morgan fingerprint density at radius 1 is 1.10 bits per heavy atom. The van der Waals surface area contributed by atoms with E-state index in [0.29, 0.717) is 16.8 Å². The maximum atomic E-state index is 11.6. The highest BCUT2D eigenvalue weighted by Crippen LogP contribution is 2.31. The van der Waals surface area contributed by atoms with Crippen LogP contribution in [0.25, 0.3) is 22.2 Å². The van der Waals surface area contributed by atoms with E-state index in [4.69, 9.17) is 10.5 Å². The van der Waals surface area contributed by atoms with Gasteiger partial charge in [0.1, 0.15) is 5.75 Å². The van der Waals surface area contributed by atoms with E-state index in [9.17, 15) is 4.79 Å². The Hall–Kier alpha value is -2.88. The summed E-state index contributed by atoms with van der Waals surface area (Å²) in [7, 11) is 1.60. The minimum Gasteiger partial charge on any atom is -0.496 e. The highest BCUT2D eigenvalue weighted by atomic mass is 16.5. The zero-order valence-corrected chi connectivity index (χ0v) is 11.5. The van der Waals surface area contributed by atoms with E-state index in [2.05, 4.69) is 4.98 Å². The molecule has 4 nitrogen and oxygen atoms in total. The van der Waals surface area contributed by atoms with Gasteiger partial charge in [-0.1, -0.05) is 36.4 Å². The van der Waals surface area contributed by atoms with Crippen molar-refractivity contribution in [2.24, 2.45) is 5.73 Å². The lowest BCUT2D eigenvalue weighted by molar-refractivity contribution is 0.100. The predicted molar refractivity (Wildman–Crippen MR) is 82.2 cm³/mol. The van der Waals surface area contributed by atoms with Gasteiger partial charge in [-0.05, 0) is 12.1 Å². The standard InChI is InChI=1S/C17H14N2O2/c1-21-15-10-14(11-6-3-2-4-7-11)19-16-12(15)8-5-9-13(16)17(18)20/h2-10H,1H3,(H2,18,20). The average Bonchev–Trinajstić information content (AvgIpc) is 2.53. The van der Waals surface area contributed by atoms with Crippen LogP contribution in [0.15, 0.2) is 54.6 Å². The molecule has 1 heterocycles. The molecule has 0 saturated heterocycles. The van der Waals surface area contributed by atoms with Crippen LogP contribution >= 0.6 is 0 Å². The number of ether oxygens (including phenoxy) is 1. The number of nitrogens with two attached hydrogens (primary N) is 1. The summed E-state index contributed by atoms with van der Waals surface area (Å²) in [5.41, 5.74) is 8.09. The van der Waals surface area contributed by atoms with E-state index in [0.717, 1.165) is 16.6 Å². The molecular weight excluding hydrogens is 264 g/mol. The van der Waals surface area contributed by atoms with Gasteiger partial charge < -0.3 is 10.5 Å². The summed E-state index contributed by atoms with van der Waals surface area (Å²) >= 11 is 0. The summed E-state index contributed by atoms with van der Waals surface area (Å²) in [6.07, 6.45) is 0. The number of para-hydroxylation sites is 1. The number of methoxy groups -OCH3 is 1. The van der Waals surface area contributed by atoms with Crippen molar-refractivity contribution >= 4 is 16.8 Å². The minimum atomic E-state index is -0.500. The molecule has 0 unspecified atom stereocenters. The second kappa shape index (κ2) is 5.25. The number of aromatic nitrogens is 1. The Bertz CT molecular complexity index is 814. The van der Waals surface area contributed by atoms with Gasteiger partial charge in [0.05, 0.1) is 23.9 Å². The van der Waals surface area contributed by atoms with E-state index in [-0.39, 0.29) is 0 Å².